The van der Waals surface area contributed by atoms with Crippen molar-refractivity contribution in [2.24, 2.45) is 0 Å². The fourth-order valence-electron chi connectivity index (χ4n) is 1.78. The molecule has 2 nitrogen and oxygen atoms in total. The molecular weight excluding hydrogens is 245 g/mol. The van der Waals surface area contributed by atoms with Crippen molar-refractivity contribution >= 4 is 0 Å². The minimum absolute atomic E-state index is 0.302. The predicted molar refractivity (Wildman–Crippen MR) is 62.5 cm³/mol. The normalized spacial score (nSPS) is 13.7. The molecular formula is C13H17F3O2. The summed E-state index contributed by atoms with van der Waals surface area (Å²) in [7, 11) is 0. The summed E-state index contributed by atoms with van der Waals surface area (Å²) in [5.74, 6) is 0. The van der Waals surface area contributed by atoms with Gasteiger partial charge >= 0.3 is 6.18 Å². The van der Waals surface area contributed by atoms with Crippen molar-refractivity contribution in [2.45, 2.75) is 32.5 Å². The third-order valence-corrected chi connectivity index (χ3v) is 2.66. The molecule has 1 aromatic rings. The van der Waals surface area contributed by atoms with Crippen LogP contribution in [-0.2, 0) is 11.2 Å². The summed E-state index contributed by atoms with van der Waals surface area (Å²) in [6, 6.07) is 5.72. The average molecular weight is 262 g/mol. The molecule has 1 N–H and O–H groups in total. The van der Waals surface area contributed by atoms with Gasteiger partial charge in [-0.3, -0.25) is 0 Å². The number of hydrogen-bond donors (Lipinski definition) is 1. The van der Waals surface area contributed by atoms with Gasteiger partial charge in [0.1, 0.15) is 6.61 Å². The number of hydrogen-bond acceptors (Lipinski definition) is 2. The van der Waals surface area contributed by atoms with E-state index < -0.39 is 18.9 Å². The summed E-state index contributed by atoms with van der Waals surface area (Å²) in [6.45, 7) is 2.18. The van der Waals surface area contributed by atoms with Crippen molar-refractivity contribution in [1.29, 1.82) is 0 Å². The molecule has 0 aliphatic carbocycles. The number of aliphatic hydroxyl groups is 1. The molecule has 0 heterocycles. The average Bonchev–Trinajstić information content (AvgIpc) is 2.22. The molecule has 0 amide bonds. The molecule has 1 atom stereocenters. The van der Waals surface area contributed by atoms with Crippen molar-refractivity contribution < 1.29 is 23.0 Å². The van der Waals surface area contributed by atoms with Crippen LogP contribution in [-0.4, -0.2) is 30.6 Å². The van der Waals surface area contributed by atoms with Crippen LogP contribution in [0.1, 0.15) is 16.7 Å². The third kappa shape index (κ3) is 5.06. The molecule has 18 heavy (non-hydrogen) atoms. The molecule has 0 aromatic heterocycles. The number of alkyl halides is 3. The lowest BCUT2D eigenvalue weighted by Crippen LogP contribution is -2.24. The van der Waals surface area contributed by atoms with Gasteiger partial charge < -0.3 is 9.84 Å². The van der Waals surface area contributed by atoms with E-state index in [1.165, 1.54) is 0 Å². The van der Waals surface area contributed by atoms with E-state index in [9.17, 15) is 18.3 Å². The van der Waals surface area contributed by atoms with E-state index >= 15 is 0 Å². The van der Waals surface area contributed by atoms with Crippen LogP contribution < -0.4 is 0 Å². The maximum atomic E-state index is 11.9. The number of rotatable bonds is 5. The first-order valence-corrected chi connectivity index (χ1v) is 5.67. The molecule has 0 radical (unpaired) electrons. The Morgan fingerprint density at radius 3 is 2.28 bits per heavy atom. The zero-order valence-corrected chi connectivity index (χ0v) is 10.4. The second-order valence-corrected chi connectivity index (χ2v) is 4.36. The maximum Gasteiger partial charge on any atom is 0.411 e. The number of halogens is 3. The van der Waals surface area contributed by atoms with Crippen LogP contribution in [0.2, 0.25) is 0 Å². The first-order chi connectivity index (χ1) is 8.29. The fourth-order valence-corrected chi connectivity index (χ4v) is 1.78. The molecule has 0 bridgehead atoms. The van der Waals surface area contributed by atoms with E-state index in [1.807, 2.05) is 32.0 Å². The summed E-state index contributed by atoms with van der Waals surface area (Å²) >= 11 is 0. The predicted octanol–water partition coefficient (Wildman–Crippen LogP) is 2.79. The summed E-state index contributed by atoms with van der Waals surface area (Å²) in [5.41, 5.74) is 3.00. The zero-order valence-electron chi connectivity index (χ0n) is 10.4. The van der Waals surface area contributed by atoms with Crippen LogP contribution in [0.3, 0.4) is 0 Å². The van der Waals surface area contributed by atoms with Gasteiger partial charge in [0.05, 0.1) is 12.7 Å². The highest BCUT2D eigenvalue weighted by molar-refractivity contribution is 5.33. The summed E-state index contributed by atoms with van der Waals surface area (Å²) in [6.07, 6.45) is -4.97. The molecule has 0 aliphatic rings. The lowest BCUT2D eigenvalue weighted by molar-refractivity contribution is -0.179. The van der Waals surface area contributed by atoms with Gasteiger partial charge in [0, 0.05) is 6.42 Å². The van der Waals surface area contributed by atoms with Gasteiger partial charge in [0.2, 0.25) is 0 Å². The lowest BCUT2D eigenvalue weighted by atomic mass is 9.98. The number of aryl methyl sites for hydroxylation is 2. The largest absolute Gasteiger partial charge is 0.411 e. The first kappa shape index (κ1) is 15.0. The molecule has 0 fully saturated rings. The van der Waals surface area contributed by atoms with Crippen LogP contribution in [0.5, 0.6) is 0 Å². The smallest absolute Gasteiger partial charge is 0.390 e. The molecule has 1 rings (SSSR count). The molecule has 102 valence electrons. The van der Waals surface area contributed by atoms with E-state index in [0.29, 0.717) is 6.42 Å². The van der Waals surface area contributed by atoms with E-state index in [1.54, 1.807) is 0 Å². The molecule has 0 saturated carbocycles. The first-order valence-electron chi connectivity index (χ1n) is 5.67. The van der Waals surface area contributed by atoms with Crippen LogP contribution in [0.15, 0.2) is 18.2 Å². The maximum absolute atomic E-state index is 11.9. The molecule has 0 aliphatic heterocycles. The van der Waals surface area contributed by atoms with Crippen molar-refractivity contribution in [3.05, 3.63) is 34.9 Å². The Hall–Kier alpha value is -1.07. The van der Waals surface area contributed by atoms with Gasteiger partial charge in [-0.25, -0.2) is 0 Å². The van der Waals surface area contributed by atoms with Gasteiger partial charge in [-0.2, -0.15) is 13.2 Å². The van der Waals surface area contributed by atoms with Gasteiger partial charge in [0.15, 0.2) is 0 Å². The van der Waals surface area contributed by atoms with Crippen molar-refractivity contribution in [2.75, 3.05) is 13.2 Å². The van der Waals surface area contributed by atoms with E-state index in [2.05, 4.69) is 4.74 Å². The van der Waals surface area contributed by atoms with Gasteiger partial charge in [-0.15, -0.1) is 0 Å². The van der Waals surface area contributed by atoms with Crippen molar-refractivity contribution in [1.82, 2.24) is 0 Å². The molecule has 1 unspecified atom stereocenters. The molecule has 0 saturated heterocycles. The Morgan fingerprint density at radius 2 is 1.78 bits per heavy atom. The number of benzene rings is 1. The highest BCUT2D eigenvalue weighted by Gasteiger charge is 2.27. The minimum atomic E-state index is -4.35. The Balaban J connectivity index is 2.47. The van der Waals surface area contributed by atoms with E-state index in [4.69, 9.17) is 0 Å². The second kappa shape index (κ2) is 6.20. The van der Waals surface area contributed by atoms with Gasteiger partial charge in [-0.05, 0) is 30.5 Å². The molecule has 1 aromatic carbocycles. The molecule has 0 spiro atoms. The highest BCUT2D eigenvalue weighted by atomic mass is 19.4. The molecule has 5 heteroatoms. The Kier molecular flexibility index (Phi) is 5.16. The summed E-state index contributed by atoms with van der Waals surface area (Å²) in [5, 5.41) is 9.66. The fraction of sp³-hybridized carbons (Fsp3) is 0.538. The van der Waals surface area contributed by atoms with Gasteiger partial charge in [-0.1, -0.05) is 18.2 Å². The van der Waals surface area contributed by atoms with Crippen molar-refractivity contribution in [3.8, 4) is 0 Å². The summed E-state index contributed by atoms with van der Waals surface area (Å²) < 4.78 is 40.0. The Morgan fingerprint density at radius 1 is 1.22 bits per heavy atom. The topological polar surface area (TPSA) is 29.5 Å². The van der Waals surface area contributed by atoms with Crippen molar-refractivity contribution in [3.63, 3.8) is 0 Å². The van der Waals surface area contributed by atoms with Crippen LogP contribution in [0.25, 0.3) is 0 Å². The highest BCUT2D eigenvalue weighted by Crippen LogP contribution is 2.17. The quantitative estimate of drug-likeness (QED) is 0.884. The second-order valence-electron chi connectivity index (χ2n) is 4.36. The zero-order chi connectivity index (χ0) is 13.8. The lowest BCUT2D eigenvalue weighted by Gasteiger charge is -2.15. The summed E-state index contributed by atoms with van der Waals surface area (Å²) in [4.78, 5) is 0. The standard InChI is InChI=1S/C13H17F3O2/c1-9-4-3-5-10(2)12(9)6-11(17)7-18-8-13(14,15)16/h3-5,11,17H,6-8H2,1-2H3. The minimum Gasteiger partial charge on any atom is -0.390 e. The SMILES string of the molecule is Cc1cccc(C)c1CC(O)COCC(F)(F)F. The Bertz CT molecular complexity index is 368. The van der Waals surface area contributed by atoms with Crippen LogP contribution in [0.4, 0.5) is 13.2 Å². The number of ether oxygens (including phenoxy) is 1. The third-order valence-electron chi connectivity index (χ3n) is 2.66. The van der Waals surface area contributed by atoms with Crippen LogP contribution in [0, 0.1) is 13.8 Å². The Labute approximate surface area is 104 Å². The van der Waals surface area contributed by atoms with Crippen LogP contribution >= 0.6 is 0 Å². The number of aliphatic hydroxyl groups excluding tert-OH is 1. The van der Waals surface area contributed by atoms with E-state index in [-0.39, 0.29) is 6.61 Å². The van der Waals surface area contributed by atoms with Gasteiger partial charge in [0.25, 0.3) is 0 Å². The van der Waals surface area contributed by atoms with E-state index in [0.717, 1.165) is 16.7 Å². The monoisotopic (exact) mass is 262 g/mol.